The standard InChI is InChI=1S/C20H22N6OS/c21-20-26-25-19(28-20)15-7-6-14(10-15)11-16-8-9-17(24-23-16)22-18(27)12-13-4-2-1-3-5-13/h1-5,8-9,14-15H,6-7,10-12H2,(H2,21,26)(H,22,24,27)/t14-,15+/m0/s1. The van der Waals surface area contributed by atoms with Crippen LogP contribution in [-0.2, 0) is 17.6 Å². The fourth-order valence-corrected chi connectivity index (χ4v) is 4.45. The van der Waals surface area contributed by atoms with Gasteiger partial charge in [-0.15, -0.1) is 15.3 Å². The van der Waals surface area contributed by atoms with Gasteiger partial charge in [-0.1, -0.05) is 41.7 Å². The molecule has 7 nitrogen and oxygen atoms in total. The number of benzene rings is 1. The third-order valence-corrected chi connectivity index (χ3v) is 5.95. The summed E-state index contributed by atoms with van der Waals surface area (Å²) in [7, 11) is 0. The van der Waals surface area contributed by atoms with E-state index in [4.69, 9.17) is 5.73 Å². The molecule has 0 saturated heterocycles. The van der Waals surface area contributed by atoms with E-state index in [1.807, 2.05) is 42.5 Å². The summed E-state index contributed by atoms with van der Waals surface area (Å²) in [5.74, 6) is 1.40. The zero-order valence-electron chi connectivity index (χ0n) is 15.4. The van der Waals surface area contributed by atoms with Gasteiger partial charge >= 0.3 is 0 Å². The van der Waals surface area contributed by atoms with Crippen LogP contribution in [0.5, 0.6) is 0 Å². The molecular weight excluding hydrogens is 372 g/mol. The summed E-state index contributed by atoms with van der Waals surface area (Å²) in [6, 6.07) is 13.4. The van der Waals surface area contributed by atoms with E-state index in [1.165, 1.54) is 11.3 Å². The second-order valence-corrected chi connectivity index (χ2v) is 8.22. The SMILES string of the molecule is Nc1nnc([C@@H]2CC[C@H](Cc3ccc(NC(=O)Cc4ccccc4)nn3)C2)s1. The van der Waals surface area contributed by atoms with Gasteiger partial charge in [0.2, 0.25) is 11.0 Å². The van der Waals surface area contributed by atoms with Gasteiger partial charge in [0.25, 0.3) is 0 Å². The Bertz CT molecular complexity index is 927. The van der Waals surface area contributed by atoms with Gasteiger partial charge in [0.15, 0.2) is 5.82 Å². The Morgan fingerprint density at radius 1 is 1.07 bits per heavy atom. The molecule has 3 N–H and O–H groups in total. The lowest BCUT2D eigenvalue weighted by atomic mass is 10.00. The van der Waals surface area contributed by atoms with Crippen molar-refractivity contribution in [2.45, 2.75) is 38.0 Å². The summed E-state index contributed by atoms with van der Waals surface area (Å²) in [4.78, 5) is 12.1. The number of nitrogens with zero attached hydrogens (tertiary/aromatic N) is 4. The molecule has 0 unspecified atom stereocenters. The van der Waals surface area contributed by atoms with Crippen LogP contribution < -0.4 is 11.1 Å². The summed E-state index contributed by atoms with van der Waals surface area (Å²) in [5.41, 5.74) is 7.61. The lowest BCUT2D eigenvalue weighted by Crippen LogP contribution is -2.16. The number of hydrogen-bond acceptors (Lipinski definition) is 7. The third kappa shape index (κ3) is 4.69. The highest BCUT2D eigenvalue weighted by Gasteiger charge is 2.28. The van der Waals surface area contributed by atoms with Crippen LogP contribution in [0.2, 0.25) is 0 Å². The lowest BCUT2D eigenvalue weighted by Gasteiger charge is -2.09. The molecule has 3 aromatic rings. The maximum atomic E-state index is 12.1. The molecule has 0 spiro atoms. The van der Waals surface area contributed by atoms with E-state index in [9.17, 15) is 4.79 Å². The summed E-state index contributed by atoms with van der Waals surface area (Å²) in [6.45, 7) is 0. The molecule has 8 heteroatoms. The Labute approximate surface area is 167 Å². The van der Waals surface area contributed by atoms with Crippen molar-refractivity contribution in [3.63, 3.8) is 0 Å². The second-order valence-electron chi connectivity index (χ2n) is 7.18. The molecule has 1 aliphatic rings. The number of aromatic nitrogens is 4. The van der Waals surface area contributed by atoms with E-state index >= 15 is 0 Å². The van der Waals surface area contributed by atoms with Crippen molar-refractivity contribution >= 4 is 28.2 Å². The van der Waals surface area contributed by atoms with Crippen LogP contribution in [0.1, 0.15) is 41.4 Å². The quantitative estimate of drug-likeness (QED) is 0.665. The van der Waals surface area contributed by atoms with Crippen LogP contribution in [0.25, 0.3) is 0 Å². The van der Waals surface area contributed by atoms with Gasteiger partial charge in [-0.2, -0.15) is 5.10 Å². The topological polar surface area (TPSA) is 107 Å². The molecule has 0 bridgehead atoms. The molecule has 28 heavy (non-hydrogen) atoms. The fraction of sp³-hybridized carbons (Fsp3) is 0.350. The van der Waals surface area contributed by atoms with E-state index in [-0.39, 0.29) is 5.91 Å². The van der Waals surface area contributed by atoms with Gasteiger partial charge in [0.1, 0.15) is 5.01 Å². The summed E-state index contributed by atoms with van der Waals surface area (Å²) >= 11 is 1.49. The Morgan fingerprint density at radius 2 is 1.93 bits per heavy atom. The van der Waals surface area contributed by atoms with Crippen molar-refractivity contribution in [3.05, 3.63) is 58.7 Å². The van der Waals surface area contributed by atoms with E-state index in [1.54, 1.807) is 0 Å². The Hall–Kier alpha value is -2.87. The molecule has 0 aliphatic heterocycles. The number of rotatable bonds is 6. The van der Waals surface area contributed by atoms with Gasteiger partial charge in [0, 0.05) is 5.92 Å². The van der Waals surface area contributed by atoms with Gasteiger partial charge in [0.05, 0.1) is 12.1 Å². The molecule has 2 heterocycles. The fourth-order valence-electron chi connectivity index (χ4n) is 3.70. The predicted molar refractivity (Wildman–Crippen MR) is 109 cm³/mol. The number of nitrogens with two attached hydrogens (primary N) is 1. The van der Waals surface area contributed by atoms with Gasteiger partial charge in [-0.05, 0) is 49.3 Å². The maximum Gasteiger partial charge on any atom is 0.229 e. The highest BCUT2D eigenvalue weighted by Crippen LogP contribution is 2.40. The van der Waals surface area contributed by atoms with Crippen LogP contribution in [-0.4, -0.2) is 26.3 Å². The van der Waals surface area contributed by atoms with Crippen molar-refractivity contribution < 1.29 is 4.79 Å². The van der Waals surface area contributed by atoms with Crippen molar-refractivity contribution in [1.82, 2.24) is 20.4 Å². The highest BCUT2D eigenvalue weighted by molar-refractivity contribution is 7.15. The largest absolute Gasteiger partial charge is 0.374 e. The summed E-state index contributed by atoms with van der Waals surface area (Å²) < 4.78 is 0. The molecule has 1 aromatic carbocycles. The van der Waals surface area contributed by atoms with Crippen LogP contribution in [0.4, 0.5) is 10.9 Å². The van der Waals surface area contributed by atoms with Gasteiger partial charge < -0.3 is 11.1 Å². The lowest BCUT2D eigenvalue weighted by molar-refractivity contribution is -0.115. The molecule has 1 fully saturated rings. The first-order valence-electron chi connectivity index (χ1n) is 9.41. The molecule has 1 saturated carbocycles. The minimum absolute atomic E-state index is 0.0942. The monoisotopic (exact) mass is 394 g/mol. The number of anilines is 2. The maximum absolute atomic E-state index is 12.1. The van der Waals surface area contributed by atoms with Crippen LogP contribution in [0.3, 0.4) is 0 Å². The van der Waals surface area contributed by atoms with E-state index in [2.05, 4.69) is 25.7 Å². The number of amides is 1. The normalized spacial score (nSPS) is 18.9. The van der Waals surface area contributed by atoms with Gasteiger partial charge in [-0.25, -0.2) is 0 Å². The molecule has 4 rings (SSSR count). The molecule has 0 radical (unpaired) electrons. The average molecular weight is 395 g/mol. The van der Waals surface area contributed by atoms with E-state index in [0.717, 1.165) is 41.9 Å². The van der Waals surface area contributed by atoms with Crippen LogP contribution in [0, 0.1) is 5.92 Å². The highest BCUT2D eigenvalue weighted by atomic mass is 32.1. The summed E-state index contributed by atoms with van der Waals surface area (Å²) in [5, 5.41) is 20.9. The molecular formula is C20H22N6OS. The van der Waals surface area contributed by atoms with Gasteiger partial charge in [-0.3, -0.25) is 4.79 Å². The third-order valence-electron chi connectivity index (χ3n) is 5.04. The first kappa shape index (κ1) is 18.5. The first-order chi connectivity index (χ1) is 13.7. The minimum atomic E-state index is -0.0942. The molecule has 2 atom stereocenters. The number of nitrogen functional groups attached to an aromatic ring is 1. The average Bonchev–Trinajstić information content (AvgIpc) is 3.33. The Balaban J connectivity index is 1.28. The van der Waals surface area contributed by atoms with Crippen molar-refractivity contribution in [2.24, 2.45) is 5.92 Å². The smallest absolute Gasteiger partial charge is 0.229 e. The molecule has 144 valence electrons. The minimum Gasteiger partial charge on any atom is -0.374 e. The van der Waals surface area contributed by atoms with Crippen LogP contribution in [0.15, 0.2) is 42.5 Å². The Morgan fingerprint density at radius 3 is 2.64 bits per heavy atom. The molecule has 1 aliphatic carbocycles. The second kappa shape index (κ2) is 8.43. The van der Waals surface area contributed by atoms with Crippen molar-refractivity contribution in [1.29, 1.82) is 0 Å². The number of carbonyl (C=O) groups excluding carboxylic acids is 1. The van der Waals surface area contributed by atoms with Crippen molar-refractivity contribution in [3.8, 4) is 0 Å². The number of hydrogen-bond donors (Lipinski definition) is 2. The van der Waals surface area contributed by atoms with E-state index in [0.29, 0.717) is 29.2 Å². The number of nitrogens with one attached hydrogen (secondary N) is 1. The molecule has 2 aromatic heterocycles. The zero-order valence-corrected chi connectivity index (χ0v) is 16.2. The number of carbonyl (C=O) groups is 1. The molecule has 1 amide bonds. The van der Waals surface area contributed by atoms with Crippen LogP contribution >= 0.6 is 11.3 Å². The Kier molecular flexibility index (Phi) is 5.57. The van der Waals surface area contributed by atoms with E-state index < -0.39 is 0 Å². The first-order valence-corrected chi connectivity index (χ1v) is 10.2. The summed E-state index contributed by atoms with van der Waals surface area (Å²) in [6.07, 6.45) is 4.54. The van der Waals surface area contributed by atoms with Crippen molar-refractivity contribution in [2.75, 3.05) is 11.1 Å². The zero-order chi connectivity index (χ0) is 19.3. The predicted octanol–water partition coefficient (Wildman–Crippen LogP) is 3.22.